The molecule has 0 spiro atoms. The molecule has 0 heterocycles. The van der Waals surface area contributed by atoms with E-state index >= 15 is 0 Å². The molecule has 0 bridgehead atoms. The third-order valence-corrected chi connectivity index (χ3v) is 4.96. The van der Waals surface area contributed by atoms with Crippen LogP contribution in [0.2, 0.25) is 0 Å². The summed E-state index contributed by atoms with van der Waals surface area (Å²) in [6.45, 7) is 0. The van der Waals surface area contributed by atoms with Crippen molar-refractivity contribution in [3.8, 4) is 0 Å². The molecule has 1 amide bonds. The number of benzene rings is 3. The molecule has 0 saturated heterocycles. The number of carbonyl (C=O) groups is 2. The lowest BCUT2D eigenvalue weighted by Crippen LogP contribution is -2.28. The van der Waals surface area contributed by atoms with Gasteiger partial charge in [-0.1, -0.05) is 42.5 Å². The Morgan fingerprint density at radius 2 is 1.52 bits per heavy atom. The van der Waals surface area contributed by atoms with Crippen molar-refractivity contribution < 1.29 is 14.0 Å². The molecule has 1 aliphatic rings. The molecule has 3 aromatic carbocycles. The predicted molar refractivity (Wildman–Crippen MR) is 101 cm³/mol. The number of rotatable bonds is 4. The van der Waals surface area contributed by atoms with Crippen molar-refractivity contribution in [3.05, 3.63) is 106 Å². The highest BCUT2D eigenvalue weighted by Crippen LogP contribution is 2.31. The normalized spacial score (nSPS) is 15.2. The van der Waals surface area contributed by atoms with E-state index in [1.165, 1.54) is 29.8 Å². The summed E-state index contributed by atoms with van der Waals surface area (Å²) in [4.78, 5) is 25.7. The van der Waals surface area contributed by atoms with Crippen molar-refractivity contribution in [2.45, 2.75) is 18.9 Å². The van der Waals surface area contributed by atoms with E-state index in [0.29, 0.717) is 16.7 Å². The lowest BCUT2D eigenvalue weighted by Gasteiger charge is -2.16. The SMILES string of the molecule is O=C(NC1CCc2ccccc21)c1ccccc1C(=O)c1ccc(F)cc1. The largest absolute Gasteiger partial charge is 0.345 e. The van der Waals surface area contributed by atoms with Gasteiger partial charge in [-0.25, -0.2) is 4.39 Å². The second kappa shape index (κ2) is 7.16. The summed E-state index contributed by atoms with van der Waals surface area (Å²) in [5.41, 5.74) is 3.37. The Balaban J connectivity index is 1.60. The molecule has 0 aliphatic heterocycles. The molecule has 134 valence electrons. The van der Waals surface area contributed by atoms with Crippen molar-refractivity contribution in [1.82, 2.24) is 5.32 Å². The molecule has 4 rings (SSSR count). The van der Waals surface area contributed by atoms with Crippen LogP contribution in [0.4, 0.5) is 4.39 Å². The fourth-order valence-corrected chi connectivity index (χ4v) is 3.58. The van der Waals surface area contributed by atoms with Crippen LogP contribution in [0.1, 0.15) is 49.9 Å². The molecule has 0 radical (unpaired) electrons. The van der Waals surface area contributed by atoms with Crippen LogP contribution < -0.4 is 5.32 Å². The summed E-state index contributed by atoms with van der Waals surface area (Å²) in [6.07, 6.45) is 1.77. The van der Waals surface area contributed by atoms with E-state index in [9.17, 15) is 14.0 Å². The van der Waals surface area contributed by atoms with E-state index in [2.05, 4.69) is 11.4 Å². The molecule has 1 N–H and O–H groups in total. The van der Waals surface area contributed by atoms with Gasteiger partial charge in [-0.2, -0.15) is 0 Å². The van der Waals surface area contributed by atoms with Gasteiger partial charge in [-0.05, 0) is 54.3 Å². The Hall–Kier alpha value is -3.27. The van der Waals surface area contributed by atoms with Gasteiger partial charge in [0.1, 0.15) is 5.82 Å². The molecule has 0 saturated carbocycles. The molecule has 0 aromatic heterocycles. The highest BCUT2D eigenvalue weighted by Gasteiger charge is 2.25. The van der Waals surface area contributed by atoms with Crippen molar-refractivity contribution in [3.63, 3.8) is 0 Å². The average molecular weight is 359 g/mol. The quantitative estimate of drug-likeness (QED) is 0.699. The Kier molecular flexibility index (Phi) is 4.55. The minimum Gasteiger partial charge on any atom is -0.345 e. The van der Waals surface area contributed by atoms with Gasteiger partial charge < -0.3 is 5.32 Å². The van der Waals surface area contributed by atoms with Gasteiger partial charge >= 0.3 is 0 Å². The second-order valence-corrected chi connectivity index (χ2v) is 6.65. The van der Waals surface area contributed by atoms with Crippen LogP contribution in [0, 0.1) is 5.82 Å². The molecule has 1 aliphatic carbocycles. The van der Waals surface area contributed by atoms with Gasteiger partial charge in [-0.15, -0.1) is 0 Å². The van der Waals surface area contributed by atoms with E-state index in [1.54, 1.807) is 24.3 Å². The maximum absolute atomic E-state index is 13.1. The molecule has 1 unspecified atom stereocenters. The number of nitrogens with one attached hydrogen (secondary N) is 1. The fraction of sp³-hybridized carbons (Fsp3) is 0.130. The predicted octanol–water partition coefficient (Wildman–Crippen LogP) is 4.47. The third-order valence-electron chi connectivity index (χ3n) is 4.96. The number of fused-ring (bicyclic) bond motifs is 1. The maximum Gasteiger partial charge on any atom is 0.252 e. The summed E-state index contributed by atoms with van der Waals surface area (Å²) in [5, 5.41) is 3.06. The van der Waals surface area contributed by atoms with Crippen LogP contribution in [-0.2, 0) is 6.42 Å². The zero-order valence-electron chi connectivity index (χ0n) is 14.6. The van der Waals surface area contributed by atoms with Crippen LogP contribution in [0.5, 0.6) is 0 Å². The first-order valence-electron chi connectivity index (χ1n) is 8.91. The van der Waals surface area contributed by atoms with Gasteiger partial charge in [0.15, 0.2) is 5.78 Å². The molecule has 3 aromatic rings. The molecule has 4 heteroatoms. The number of hydrogen-bond acceptors (Lipinski definition) is 2. The first-order chi connectivity index (χ1) is 13.1. The fourth-order valence-electron chi connectivity index (χ4n) is 3.58. The minimum atomic E-state index is -0.405. The topological polar surface area (TPSA) is 46.2 Å². The van der Waals surface area contributed by atoms with Crippen LogP contribution in [0.25, 0.3) is 0 Å². The third kappa shape index (κ3) is 3.38. The molecule has 1 atom stereocenters. The lowest BCUT2D eigenvalue weighted by molar-refractivity contribution is 0.0926. The minimum absolute atomic E-state index is 0.0531. The zero-order valence-corrected chi connectivity index (χ0v) is 14.6. The number of halogens is 1. The van der Waals surface area contributed by atoms with Crippen LogP contribution in [0.15, 0.2) is 72.8 Å². The lowest BCUT2D eigenvalue weighted by atomic mass is 9.97. The Morgan fingerprint density at radius 3 is 2.30 bits per heavy atom. The summed E-state index contributed by atoms with van der Waals surface area (Å²) < 4.78 is 13.1. The summed E-state index contributed by atoms with van der Waals surface area (Å²) >= 11 is 0. The zero-order chi connectivity index (χ0) is 18.8. The van der Waals surface area contributed by atoms with E-state index in [1.807, 2.05) is 18.2 Å². The van der Waals surface area contributed by atoms with E-state index in [-0.39, 0.29) is 17.7 Å². The van der Waals surface area contributed by atoms with Crippen LogP contribution in [0.3, 0.4) is 0 Å². The highest BCUT2D eigenvalue weighted by molar-refractivity contribution is 6.15. The number of ketones is 1. The van der Waals surface area contributed by atoms with Crippen molar-refractivity contribution in [2.24, 2.45) is 0 Å². The number of aryl methyl sites for hydroxylation is 1. The number of hydrogen-bond donors (Lipinski definition) is 1. The molecule has 3 nitrogen and oxygen atoms in total. The molecule has 27 heavy (non-hydrogen) atoms. The van der Waals surface area contributed by atoms with Gasteiger partial charge in [0.25, 0.3) is 5.91 Å². The van der Waals surface area contributed by atoms with Gasteiger partial charge in [0, 0.05) is 11.1 Å². The second-order valence-electron chi connectivity index (χ2n) is 6.65. The Labute approximate surface area is 156 Å². The standard InChI is InChI=1S/C23H18FNO2/c24-17-12-9-16(10-13-17)22(26)19-7-3-4-8-20(19)23(27)25-21-14-11-15-5-1-2-6-18(15)21/h1-10,12-13,21H,11,14H2,(H,25,27). The maximum atomic E-state index is 13.1. The van der Waals surface area contributed by atoms with E-state index < -0.39 is 5.82 Å². The summed E-state index contributed by atoms with van der Waals surface area (Å²) in [6, 6.07) is 20.1. The average Bonchev–Trinajstić information content (AvgIpc) is 3.11. The highest BCUT2D eigenvalue weighted by atomic mass is 19.1. The molecular formula is C23H18FNO2. The summed E-state index contributed by atoms with van der Waals surface area (Å²) in [7, 11) is 0. The van der Waals surface area contributed by atoms with Crippen molar-refractivity contribution in [2.75, 3.05) is 0 Å². The van der Waals surface area contributed by atoms with Crippen molar-refractivity contribution in [1.29, 1.82) is 0 Å². The van der Waals surface area contributed by atoms with E-state index in [0.717, 1.165) is 18.4 Å². The summed E-state index contributed by atoms with van der Waals surface area (Å²) in [5.74, 6) is -0.979. The van der Waals surface area contributed by atoms with Gasteiger partial charge in [0.2, 0.25) is 0 Å². The Bertz CT molecular complexity index is 1010. The smallest absolute Gasteiger partial charge is 0.252 e. The van der Waals surface area contributed by atoms with Gasteiger partial charge in [0.05, 0.1) is 11.6 Å². The molecular weight excluding hydrogens is 341 g/mol. The van der Waals surface area contributed by atoms with Crippen LogP contribution in [-0.4, -0.2) is 11.7 Å². The van der Waals surface area contributed by atoms with Crippen molar-refractivity contribution >= 4 is 11.7 Å². The van der Waals surface area contributed by atoms with E-state index in [4.69, 9.17) is 0 Å². The van der Waals surface area contributed by atoms with Gasteiger partial charge in [-0.3, -0.25) is 9.59 Å². The first kappa shape index (κ1) is 17.2. The van der Waals surface area contributed by atoms with Crippen LogP contribution >= 0.6 is 0 Å². The molecule has 0 fully saturated rings. The first-order valence-corrected chi connectivity index (χ1v) is 8.91. The number of carbonyl (C=O) groups excluding carboxylic acids is 2. The number of amides is 1. The Morgan fingerprint density at radius 1 is 0.852 bits per heavy atom. The monoisotopic (exact) mass is 359 g/mol.